The lowest BCUT2D eigenvalue weighted by Crippen LogP contribution is -2.14. The minimum Gasteiger partial charge on any atom is -0.481 e. The number of aliphatic carboxylic acids is 1. The second-order valence-electron chi connectivity index (χ2n) is 5.71. The maximum atomic E-state index is 12.0. The van der Waals surface area contributed by atoms with Gasteiger partial charge in [-0.25, -0.2) is 4.98 Å². The third kappa shape index (κ3) is 6.37. The number of carboxylic acids is 1. The van der Waals surface area contributed by atoms with Gasteiger partial charge in [0.05, 0.1) is 0 Å². The molecule has 0 fully saturated rings. The van der Waals surface area contributed by atoms with Gasteiger partial charge in [0.25, 0.3) is 0 Å². The van der Waals surface area contributed by atoms with Gasteiger partial charge in [0.1, 0.15) is 11.7 Å². The van der Waals surface area contributed by atoms with Crippen molar-refractivity contribution in [3.8, 4) is 0 Å². The fourth-order valence-corrected chi connectivity index (χ4v) is 2.22. The third-order valence-electron chi connectivity index (χ3n) is 3.59. The first-order valence-corrected chi connectivity index (χ1v) is 8.25. The Labute approximate surface area is 160 Å². The third-order valence-corrected chi connectivity index (χ3v) is 3.59. The number of nitrogen functional groups attached to an aromatic ring is 1. The molecule has 1 aromatic carbocycles. The van der Waals surface area contributed by atoms with Crippen LogP contribution in [0, 0.1) is 5.41 Å². The lowest BCUT2D eigenvalue weighted by Gasteiger charge is -2.07. The highest BCUT2D eigenvalue weighted by atomic mass is 16.4. The number of pyridine rings is 1. The molecule has 0 saturated carbocycles. The average molecular weight is 381 g/mol. The molecule has 9 heteroatoms. The summed E-state index contributed by atoms with van der Waals surface area (Å²) in [5.74, 6) is -1.87. The van der Waals surface area contributed by atoms with Gasteiger partial charge in [-0.05, 0) is 42.3 Å². The molecule has 9 nitrogen and oxygen atoms in total. The summed E-state index contributed by atoms with van der Waals surface area (Å²) in [6.07, 6.45) is 3.72. The van der Waals surface area contributed by atoms with E-state index < -0.39 is 17.8 Å². The predicted molar refractivity (Wildman–Crippen MR) is 104 cm³/mol. The van der Waals surface area contributed by atoms with E-state index in [1.54, 1.807) is 36.4 Å². The highest BCUT2D eigenvalue weighted by Crippen LogP contribution is 2.14. The summed E-state index contributed by atoms with van der Waals surface area (Å²) >= 11 is 0. The molecule has 2 amide bonds. The maximum Gasteiger partial charge on any atom is 0.303 e. The molecular formula is C19H19N5O4. The van der Waals surface area contributed by atoms with E-state index in [-0.39, 0.29) is 24.5 Å². The highest BCUT2D eigenvalue weighted by Gasteiger charge is 2.08. The summed E-state index contributed by atoms with van der Waals surface area (Å²) in [4.78, 5) is 38.6. The van der Waals surface area contributed by atoms with Crippen molar-refractivity contribution in [2.45, 2.75) is 12.8 Å². The van der Waals surface area contributed by atoms with Gasteiger partial charge in [0, 0.05) is 36.0 Å². The van der Waals surface area contributed by atoms with Crippen LogP contribution >= 0.6 is 0 Å². The van der Waals surface area contributed by atoms with Crippen molar-refractivity contribution in [2.24, 2.45) is 5.73 Å². The zero-order valence-corrected chi connectivity index (χ0v) is 14.8. The minimum atomic E-state index is -0.950. The van der Waals surface area contributed by atoms with Crippen molar-refractivity contribution in [3.63, 3.8) is 0 Å². The van der Waals surface area contributed by atoms with Crippen LogP contribution < -0.4 is 16.4 Å². The van der Waals surface area contributed by atoms with Crippen molar-refractivity contribution in [1.29, 1.82) is 5.41 Å². The van der Waals surface area contributed by atoms with E-state index in [4.69, 9.17) is 16.2 Å². The molecule has 6 N–H and O–H groups in total. The van der Waals surface area contributed by atoms with Crippen LogP contribution in [0.25, 0.3) is 0 Å². The van der Waals surface area contributed by atoms with Gasteiger partial charge >= 0.3 is 5.97 Å². The highest BCUT2D eigenvalue weighted by molar-refractivity contribution is 6.07. The number of anilines is 2. The van der Waals surface area contributed by atoms with E-state index in [1.807, 2.05) is 0 Å². The topological polar surface area (TPSA) is 158 Å². The van der Waals surface area contributed by atoms with Gasteiger partial charge in [-0.3, -0.25) is 19.8 Å². The summed E-state index contributed by atoms with van der Waals surface area (Å²) in [7, 11) is 0. The lowest BCUT2D eigenvalue weighted by molar-refractivity contribution is -0.137. The number of nitrogens with one attached hydrogen (secondary N) is 3. The van der Waals surface area contributed by atoms with E-state index >= 15 is 0 Å². The number of nitrogens with two attached hydrogens (primary N) is 1. The number of aryl methyl sites for hydroxylation is 1. The molecule has 0 aliphatic rings. The summed E-state index contributed by atoms with van der Waals surface area (Å²) in [6.45, 7) is 0. The van der Waals surface area contributed by atoms with Crippen LogP contribution in [0.5, 0.6) is 0 Å². The zero-order valence-electron chi connectivity index (χ0n) is 14.8. The van der Waals surface area contributed by atoms with Crippen molar-refractivity contribution < 1.29 is 19.5 Å². The molecule has 0 bridgehead atoms. The van der Waals surface area contributed by atoms with Gasteiger partial charge in [-0.1, -0.05) is 6.07 Å². The van der Waals surface area contributed by atoms with Crippen LogP contribution in [-0.4, -0.2) is 33.7 Å². The number of nitrogens with zero attached hydrogens (tertiary/aromatic N) is 1. The second-order valence-corrected chi connectivity index (χ2v) is 5.71. The van der Waals surface area contributed by atoms with Crippen molar-refractivity contribution in [3.05, 3.63) is 65.9 Å². The lowest BCUT2D eigenvalue weighted by atomic mass is 10.1. The molecule has 144 valence electrons. The summed E-state index contributed by atoms with van der Waals surface area (Å²) in [6, 6.07) is 9.68. The van der Waals surface area contributed by atoms with Crippen LogP contribution in [-0.2, 0) is 20.8 Å². The molecule has 0 atom stereocenters. The monoisotopic (exact) mass is 381 g/mol. The Bertz CT molecular complexity index is 922. The van der Waals surface area contributed by atoms with Crippen LogP contribution in [0.2, 0.25) is 0 Å². The van der Waals surface area contributed by atoms with Crippen LogP contribution in [0.1, 0.15) is 17.5 Å². The molecule has 28 heavy (non-hydrogen) atoms. The van der Waals surface area contributed by atoms with Gasteiger partial charge in [0.2, 0.25) is 11.8 Å². The molecule has 0 radical (unpaired) electrons. The van der Waals surface area contributed by atoms with Crippen LogP contribution in [0.15, 0.2) is 54.7 Å². The number of carboxylic acid groups (broad SMARTS) is 1. The quantitative estimate of drug-likeness (QED) is 0.265. The number of amidine groups is 1. The Morgan fingerprint density at radius 3 is 2.32 bits per heavy atom. The Morgan fingerprint density at radius 1 is 1.07 bits per heavy atom. The Kier molecular flexibility index (Phi) is 6.98. The molecule has 0 aliphatic heterocycles. The molecule has 1 aromatic heterocycles. The SMILES string of the molecule is N=C(N)c1ccc(NC(=O)/C=C/C(=O)Nc2ncccc2CCC(=O)O)cc1. The largest absolute Gasteiger partial charge is 0.481 e. The smallest absolute Gasteiger partial charge is 0.303 e. The molecule has 1 heterocycles. The zero-order chi connectivity index (χ0) is 20.5. The van der Waals surface area contributed by atoms with Gasteiger partial charge in [-0.15, -0.1) is 0 Å². The average Bonchev–Trinajstić information content (AvgIpc) is 2.66. The summed E-state index contributed by atoms with van der Waals surface area (Å²) in [5, 5.41) is 21.2. The normalized spacial score (nSPS) is 10.4. The first kappa shape index (κ1) is 20.3. The van der Waals surface area contributed by atoms with Gasteiger partial charge < -0.3 is 21.5 Å². The number of amides is 2. The predicted octanol–water partition coefficient (Wildman–Crippen LogP) is 1.52. The number of rotatable bonds is 8. The van der Waals surface area contributed by atoms with Crippen molar-refractivity contribution >= 4 is 35.1 Å². The number of hydrogen-bond acceptors (Lipinski definition) is 5. The van der Waals surface area contributed by atoms with Crippen molar-refractivity contribution in [2.75, 3.05) is 10.6 Å². The van der Waals surface area contributed by atoms with E-state index in [9.17, 15) is 14.4 Å². The van der Waals surface area contributed by atoms with E-state index in [0.29, 0.717) is 16.8 Å². The second kappa shape index (κ2) is 9.62. The summed E-state index contributed by atoms with van der Waals surface area (Å²) in [5.41, 5.74) is 6.96. The Balaban J connectivity index is 1.93. The minimum absolute atomic E-state index is 0.0771. The van der Waals surface area contributed by atoms with Crippen molar-refractivity contribution in [1.82, 2.24) is 4.98 Å². The summed E-state index contributed by atoms with van der Waals surface area (Å²) < 4.78 is 0. The fourth-order valence-electron chi connectivity index (χ4n) is 2.22. The molecule has 0 unspecified atom stereocenters. The first-order chi connectivity index (χ1) is 13.3. The van der Waals surface area contributed by atoms with E-state index in [2.05, 4.69) is 15.6 Å². The number of hydrogen-bond donors (Lipinski definition) is 5. The Morgan fingerprint density at radius 2 is 1.71 bits per heavy atom. The molecular weight excluding hydrogens is 362 g/mol. The number of benzene rings is 1. The molecule has 0 aliphatic carbocycles. The Hall–Kier alpha value is -4.01. The number of carbonyl (C=O) groups is 3. The van der Waals surface area contributed by atoms with Gasteiger partial charge in [-0.2, -0.15) is 0 Å². The first-order valence-electron chi connectivity index (χ1n) is 8.25. The standard InChI is InChI=1S/C19H19N5O4/c20-18(21)12-3-6-14(7-4-12)23-15(25)8-9-16(26)24-19-13(2-1-11-22-19)5-10-17(27)28/h1-4,6-9,11H,5,10H2,(H3,20,21)(H,23,25)(H,27,28)(H,22,24,26)/b9-8+. The van der Waals surface area contributed by atoms with Crippen LogP contribution in [0.3, 0.4) is 0 Å². The van der Waals surface area contributed by atoms with Gasteiger partial charge in [0.15, 0.2) is 0 Å². The van der Waals surface area contributed by atoms with E-state index in [0.717, 1.165) is 12.2 Å². The number of aromatic nitrogens is 1. The fraction of sp³-hybridized carbons (Fsp3) is 0.105. The molecule has 2 aromatic rings. The molecule has 2 rings (SSSR count). The molecule has 0 saturated heterocycles. The number of carbonyl (C=O) groups excluding carboxylic acids is 2. The van der Waals surface area contributed by atoms with Crippen LogP contribution in [0.4, 0.5) is 11.5 Å². The van der Waals surface area contributed by atoms with E-state index in [1.165, 1.54) is 6.20 Å². The molecule has 0 spiro atoms. The maximum absolute atomic E-state index is 12.0.